The molecule has 1 aromatic rings. The average molecular weight is 272 g/mol. The van der Waals surface area contributed by atoms with Gasteiger partial charge in [0.25, 0.3) is 0 Å². The molecule has 6 heteroatoms. The molecule has 1 aliphatic carbocycles. The number of hydrogen-bond donors (Lipinski definition) is 2. The molecule has 0 radical (unpaired) electrons. The van der Waals surface area contributed by atoms with Crippen LogP contribution in [0.15, 0.2) is 23.1 Å². The minimum Gasteiger partial charge on any atom is -0.398 e. The predicted octanol–water partition coefficient (Wildman–Crippen LogP) is 1.88. The van der Waals surface area contributed by atoms with Crippen LogP contribution in [0.4, 0.5) is 10.1 Å². The van der Waals surface area contributed by atoms with Crippen LogP contribution in [0.3, 0.4) is 0 Å². The Labute approximate surface area is 106 Å². The van der Waals surface area contributed by atoms with Gasteiger partial charge in [0.05, 0.1) is 5.69 Å². The van der Waals surface area contributed by atoms with Crippen LogP contribution in [0.2, 0.25) is 0 Å². The zero-order valence-corrected chi connectivity index (χ0v) is 10.8. The molecule has 1 saturated carbocycles. The van der Waals surface area contributed by atoms with E-state index in [-0.39, 0.29) is 10.6 Å². The smallest absolute Gasteiger partial charge is 0.242 e. The second-order valence-electron chi connectivity index (χ2n) is 4.68. The van der Waals surface area contributed by atoms with E-state index >= 15 is 0 Å². The minimum absolute atomic E-state index is 0.0538. The number of hydrogen-bond acceptors (Lipinski definition) is 3. The SMILES string of the molecule is Nc1cc(F)ccc1S(=O)(=O)NCC1CCCC1. The Morgan fingerprint density at radius 3 is 2.61 bits per heavy atom. The Balaban J connectivity index is 2.09. The molecule has 0 bridgehead atoms. The maximum absolute atomic E-state index is 12.9. The molecule has 0 unspecified atom stereocenters. The number of nitrogen functional groups attached to an aromatic ring is 1. The molecule has 0 aromatic heterocycles. The molecule has 3 N–H and O–H groups in total. The van der Waals surface area contributed by atoms with Crippen molar-refractivity contribution in [2.24, 2.45) is 5.92 Å². The van der Waals surface area contributed by atoms with Crippen LogP contribution >= 0.6 is 0 Å². The quantitative estimate of drug-likeness (QED) is 0.822. The lowest BCUT2D eigenvalue weighted by molar-refractivity contribution is 0.519. The summed E-state index contributed by atoms with van der Waals surface area (Å²) in [6.45, 7) is 0.430. The highest BCUT2D eigenvalue weighted by Gasteiger charge is 2.21. The molecule has 2 rings (SSSR count). The van der Waals surface area contributed by atoms with Crippen LogP contribution in [0.5, 0.6) is 0 Å². The highest BCUT2D eigenvalue weighted by molar-refractivity contribution is 7.89. The first-order valence-electron chi connectivity index (χ1n) is 6.04. The Morgan fingerprint density at radius 2 is 2.00 bits per heavy atom. The molecule has 0 aliphatic heterocycles. The summed E-state index contributed by atoms with van der Waals surface area (Å²) in [6.07, 6.45) is 4.43. The van der Waals surface area contributed by atoms with Crippen molar-refractivity contribution in [1.82, 2.24) is 4.72 Å². The van der Waals surface area contributed by atoms with Crippen molar-refractivity contribution in [2.45, 2.75) is 30.6 Å². The molecule has 0 atom stereocenters. The van der Waals surface area contributed by atoms with Crippen molar-refractivity contribution in [2.75, 3.05) is 12.3 Å². The lowest BCUT2D eigenvalue weighted by Crippen LogP contribution is -2.29. The summed E-state index contributed by atoms with van der Waals surface area (Å²) in [4.78, 5) is -0.0538. The van der Waals surface area contributed by atoms with Crippen molar-refractivity contribution in [3.05, 3.63) is 24.0 Å². The number of nitrogens with two attached hydrogens (primary N) is 1. The maximum Gasteiger partial charge on any atom is 0.242 e. The number of halogens is 1. The van der Waals surface area contributed by atoms with Gasteiger partial charge in [0.1, 0.15) is 10.7 Å². The lowest BCUT2D eigenvalue weighted by atomic mass is 10.1. The summed E-state index contributed by atoms with van der Waals surface area (Å²) in [5.41, 5.74) is 5.47. The first-order chi connectivity index (χ1) is 8.49. The van der Waals surface area contributed by atoms with E-state index in [1.165, 1.54) is 6.07 Å². The third-order valence-electron chi connectivity index (χ3n) is 3.30. The summed E-state index contributed by atoms with van der Waals surface area (Å²) < 4.78 is 39.4. The Bertz CT molecular complexity index is 525. The van der Waals surface area contributed by atoms with Crippen molar-refractivity contribution >= 4 is 15.7 Å². The highest BCUT2D eigenvalue weighted by atomic mass is 32.2. The van der Waals surface area contributed by atoms with Gasteiger partial charge in [0.2, 0.25) is 10.0 Å². The lowest BCUT2D eigenvalue weighted by Gasteiger charge is -2.12. The molecule has 0 spiro atoms. The van der Waals surface area contributed by atoms with E-state index < -0.39 is 15.8 Å². The van der Waals surface area contributed by atoms with Gasteiger partial charge in [-0.15, -0.1) is 0 Å². The second-order valence-corrected chi connectivity index (χ2v) is 6.42. The van der Waals surface area contributed by atoms with E-state index in [4.69, 9.17) is 5.73 Å². The van der Waals surface area contributed by atoms with Crippen molar-refractivity contribution in [3.8, 4) is 0 Å². The Kier molecular flexibility index (Phi) is 3.87. The van der Waals surface area contributed by atoms with Gasteiger partial charge in [-0.25, -0.2) is 17.5 Å². The van der Waals surface area contributed by atoms with Gasteiger partial charge < -0.3 is 5.73 Å². The number of benzene rings is 1. The molecule has 0 saturated heterocycles. The monoisotopic (exact) mass is 272 g/mol. The molecule has 1 aromatic carbocycles. The van der Waals surface area contributed by atoms with E-state index in [1.54, 1.807) is 0 Å². The molecule has 1 aliphatic rings. The normalized spacial score (nSPS) is 17.2. The fraction of sp³-hybridized carbons (Fsp3) is 0.500. The van der Waals surface area contributed by atoms with Crippen molar-refractivity contribution in [1.29, 1.82) is 0 Å². The maximum atomic E-state index is 12.9. The van der Waals surface area contributed by atoms with Gasteiger partial charge >= 0.3 is 0 Å². The number of nitrogens with one attached hydrogen (secondary N) is 1. The fourth-order valence-corrected chi connectivity index (χ4v) is 3.51. The first kappa shape index (κ1) is 13.3. The van der Waals surface area contributed by atoms with Crippen LogP contribution in [0.25, 0.3) is 0 Å². The molecule has 0 amide bonds. The molecular weight excluding hydrogens is 255 g/mol. The van der Waals surface area contributed by atoms with Gasteiger partial charge in [0.15, 0.2) is 0 Å². The molecule has 1 fully saturated rings. The fourth-order valence-electron chi connectivity index (χ4n) is 2.28. The van der Waals surface area contributed by atoms with Crippen molar-refractivity contribution in [3.63, 3.8) is 0 Å². The van der Waals surface area contributed by atoms with Gasteiger partial charge in [-0.3, -0.25) is 0 Å². The summed E-state index contributed by atoms with van der Waals surface area (Å²) in [6, 6.07) is 3.31. The molecule has 0 heterocycles. The topological polar surface area (TPSA) is 72.2 Å². The Hall–Kier alpha value is -1.14. The van der Waals surface area contributed by atoms with Crippen LogP contribution < -0.4 is 10.5 Å². The zero-order valence-electron chi connectivity index (χ0n) is 10.0. The minimum atomic E-state index is -3.64. The van der Waals surface area contributed by atoms with Gasteiger partial charge in [0, 0.05) is 6.54 Å². The predicted molar refractivity (Wildman–Crippen MR) is 68.0 cm³/mol. The summed E-state index contributed by atoms with van der Waals surface area (Å²) in [7, 11) is -3.64. The molecule has 4 nitrogen and oxygen atoms in total. The molecule has 100 valence electrons. The van der Waals surface area contributed by atoms with Crippen molar-refractivity contribution < 1.29 is 12.8 Å². The van der Waals surface area contributed by atoms with Gasteiger partial charge in [-0.2, -0.15) is 0 Å². The average Bonchev–Trinajstić information content (AvgIpc) is 2.78. The number of rotatable bonds is 4. The molecule has 18 heavy (non-hydrogen) atoms. The van der Waals surface area contributed by atoms with E-state index in [1.807, 2.05) is 0 Å². The van der Waals surface area contributed by atoms with E-state index in [2.05, 4.69) is 4.72 Å². The van der Waals surface area contributed by atoms with Crippen LogP contribution in [-0.4, -0.2) is 15.0 Å². The Morgan fingerprint density at radius 1 is 1.33 bits per heavy atom. The summed E-state index contributed by atoms with van der Waals surface area (Å²) in [5.74, 6) is -0.135. The van der Waals surface area contributed by atoms with Gasteiger partial charge in [-0.05, 0) is 37.0 Å². The zero-order chi connectivity index (χ0) is 13.2. The van der Waals surface area contributed by atoms with E-state index in [0.29, 0.717) is 12.5 Å². The van der Waals surface area contributed by atoms with Crippen LogP contribution in [-0.2, 0) is 10.0 Å². The van der Waals surface area contributed by atoms with Gasteiger partial charge in [-0.1, -0.05) is 12.8 Å². The van der Waals surface area contributed by atoms with E-state index in [9.17, 15) is 12.8 Å². The number of sulfonamides is 1. The largest absolute Gasteiger partial charge is 0.398 e. The van der Waals surface area contributed by atoms with Crippen LogP contribution in [0.1, 0.15) is 25.7 Å². The first-order valence-corrected chi connectivity index (χ1v) is 7.52. The number of anilines is 1. The molecular formula is C12H17FN2O2S. The summed E-state index contributed by atoms with van der Waals surface area (Å²) in [5, 5.41) is 0. The standard InChI is InChI=1S/C12H17FN2O2S/c13-10-5-6-12(11(14)7-10)18(16,17)15-8-9-3-1-2-4-9/h5-7,9,15H,1-4,8,14H2. The summed E-state index contributed by atoms with van der Waals surface area (Å²) >= 11 is 0. The third-order valence-corrected chi connectivity index (χ3v) is 4.80. The van der Waals surface area contributed by atoms with Crippen LogP contribution in [0, 0.1) is 11.7 Å². The third kappa shape index (κ3) is 3.00. The second kappa shape index (κ2) is 5.24. The van der Waals surface area contributed by atoms with E-state index in [0.717, 1.165) is 37.8 Å². The highest BCUT2D eigenvalue weighted by Crippen LogP contribution is 2.25.